The third-order valence-electron chi connectivity index (χ3n) is 3.54. The van der Waals surface area contributed by atoms with Gasteiger partial charge in [-0.1, -0.05) is 28.1 Å². The van der Waals surface area contributed by atoms with Crippen LogP contribution in [-0.4, -0.2) is 12.6 Å². The van der Waals surface area contributed by atoms with Gasteiger partial charge in [-0.05, 0) is 30.5 Å². The molecule has 1 saturated heterocycles. The lowest BCUT2D eigenvalue weighted by Gasteiger charge is -2.04. The molecule has 15 heavy (non-hydrogen) atoms. The maximum Gasteiger partial charge on any atom is 0.312 e. The van der Waals surface area contributed by atoms with E-state index in [-0.39, 0.29) is 11.4 Å². The van der Waals surface area contributed by atoms with Crippen molar-refractivity contribution in [1.82, 2.24) is 0 Å². The third-order valence-corrected chi connectivity index (χ3v) is 4.06. The minimum absolute atomic E-state index is 0.00965. The molecule has 2 unspecified atom stereocenters. The summed E-state index contributed by atoms with van der Waals surface area (Å²) in [5, 5.41) is 0. The Morgan fingerprint density at radius 1 is 1.33 bits per heavy atom. The number of halogens is 1. The van der Waals surface area contributed by atoms with E-state index in [1.54, 1.807) is 0 Å². The van der Waals surface area contributed by atoms with Crippen molar-refractivity contribution < 1.29 is 9.53 Å². The molecule has 78 valence electrons. The van der Waals surface area contributed by atoms with Crippen LogP contribution in [-0.2, 0) is 9.53 Å². The molecule has 1 heterocycles. The summed E-state index contributed by atoms with van der Waals surface area (Å²) in [5.74, 6) is 0.399. The van der Waals surface area contributed by atoms with Crippen molar-refractivity contribution in [1.29, 1.82) is 0 Å². The summed E-state index contributed by atoms with van der Waals surface area (Å²) in [5.41, 5.74) is 1.10. The summed E-state index contributed by atoms with van der Waals surface area (Å²) < 4.78 is 6.14. The molecule has 0 amide bonds. The van der Waals surface area contributed by atoms with Crippen LogP contribution < -0.4 is 0 Å². The molecule has 1 saturated carbocycles. The minimum Gasteiger partial charge on any atom is -0.465 e. The first-order valence-electron chi connectivity index (χ1n) is 5.15. The standard InChI is InChI=1S/C12H11BrO2/c13-9-3-1-8(2-4-9)10-7-12(10)5-6-15-11(12)14/h1-4,10H,5-7H2. The molecular weight excluding hydrogens is 256 g/mol. The number of carbonyl (C=O) groups excluding carboxylic acids is 1. The minimum atomic E-state index is -0.159. The van der Waals surface area contributed by atoms with Crippen LogP contribution in [0.1, 0.15) is 24.3 Å². The van der Waals surface area contributed by atoms with E-state index >= 15 is 0 Å². The van der Waals surface area contributed by atoms with Crippen LogP contribution in [0, 0.1) is 5.41 Å². The van der Waals surface area contributed by atoms with Crippen molar-refractivity contribution in [2.24, 2.45) is 5.41 Å². The van der Waals surface area contributed by atoms with E-state index in [4.69, 9.17) is 4.74 Å². The van der Waals surface area contributed by atoms with Gasteiger partial charge in [0.25, 0.3) is 0 Å². The largest absolute Gasteiger partial charge is 0.465 e. The molecule has 2 nitrogen and oxygen atoms in total. The molecule has 3 rings (SSSR count). The van der Waals surface area contributed by atoms with Crippen LogP contribution in [0.2, 0.25) is 0 Å². The number of carbonyl (C=O) groups is 1. The first-order valence-corrected chi connectivity index (χ1v) is 5.94. The summed E-state index contributed by atoms with van der Waals surface area (Å²) in [6.45, 7) is 0.603. The number of hydrogen-bond donors (Lipinski definition) is 0. The fraction of sp³-hybridized carbons (Fsp3) is 0.417. The van der Waals surface area contributed by atoms with Crippen LogP contribution in [0.5, 0.6) is 0 Å². The van der Waals surface area contributed by atoms with Gasteiger partial charge in [-0.3, -0.25) is 4.79 Å². The van der Waals surface area contributed by atoms with E-state index < -0.39 is 0 Å². The summed E-state index contributed by atoms with van der Waals surface area (Å²) in [6, 6.07) is 8.24. The van der Waals surface area contributed by atoms with Crippen LogP contribution in [0.3, 0.4) is 0 Å². The van der Waals surface area contributed by atoms with Crippen molar-refractivity contribution in [3.63, 3.8) is 0 Å². The zero-order valence-corrected chi connectivity index (χ0v) is 9.79. The molecule has 0 aromatic heterocycles. The molecule has 0 radical (unpaired) electrons. The van der Waals surface area contributed by atoms with E-state index in [1.165, 1.54) is 5.56 Å². The SMILES string of the molecule is O=C1OCCC12CC2c1ccc(Br)cc1. The molecule has 1 spiro atoms. The summed E-state index contributed by atoms with van der Waals surface area (Å²) in [4.78, 5) is 11.6. The lowest BCUT2D eigenvalue weighted by atomic mass is 9.98. The van der Waals surface area contributed by atoms with E-state index in [9.17, 15) is 4.79 Å². The van der Waals surface area contributed by atoms with Crippen LogP contribution in [0.15, 0.2) is 28.7 Å². The highest BCUT2D eigenvalue weighted by Gasteiger charge is 2.63. The van der Waals surface area contributed by atoms with E-state index in [2.05, 4.69) is 28.1 Å². The van der Waals surface area contributed by atoms with E-state index in [0.29, 0.717) is 12.5 Å². The van der Waals surface area contributed by atoms with Gasteiger partial charge in [-0.25, -0.2) is 0 Å². The monoisotopic (exact) mass is 266 g/mol. The smallest absolute Gasteiger partial charge is 0.312 e. The zero-order valence-electron chi connectivity index (χ0n) is 8.20. The molecule has 2 fully saturated rings. The Morgan fingerprint density at radius 3 is 2.67 bits per heavy atom. The molecule has 1 aliphatic heterocycles. The van der Waals surface area contributed by atoms with Crippen molar-refractivity contribution in [2.75, 3.05) is 6.61 Å². The van der Waals surface area contributed by atoms with Crippen molar-refractivity contribution in [3.05, 3.63) is 34.3 Å². The second kappa shape index (κ2) is 3.08. The number of cyclic esters (lactones) is 1. The lowest BCUT2D eigenvalue weighted by molar-refractivity contribution is -0.142. The average Bonchev–Trinajstić information content (AvgIpc) is 2.84. The first-order chi connectivity index (χ1) is 7.22. The normalized spacial score (nSPS) is 33.1. The maximum atomic E-state index is 11.6. The number of ether oxygens (including phenoxy) is 1. The molecule has 3 heteroatoms. The highest BCUT2D eigenvalue weighted by molar-refractivity contribution is 9.10. The Labute approximate surface area is 96.8 Å². The molecular formula is C12H11BrO2. The van der Waals surface area contributed by atoms with Gasteiger partial charge < -0.3 is 4.74 Å². The quantitative estimate of drug-likeness (QED) is 0.731. The summed E-state index contributed by atoms with van der Waals surface area (Å²) >= 11 is 3.41. The summed E-state index contributed by atoms with van der Waals surface area (Å²) in [7, 11) is 0. The Balaban J connectivity index is 1.87. The number of rotatable bonds is 1. The van der Waals surface area contributed by atoms with Gasteiger partial charge in [0.1, 0.15) is 0 Å². The summed E-state index contributed by atoms with van der Waals surface area (Å²) in [6.07, 6.45) is 1.86. The van der Waals surface area contributed by atoms with Crippen molar-refractivity contribution >= 4 is 21.9 Å². The van der Waals surface area contributed by atoms with E-state index in [0.717, 1.165) is 17.3 Å². The number of esters is 1. The van der Waals surface area contributed by atoms with Crippen LogP contribution >= 0.6 is 15.9 Å². The van der Waals surface area contributed by atoms with Gasteiger partial charge in [-0.15, -0.1) is 0 Å². The highest BCUT2D eigenvalue weighted by atomic mass is 79.9. The number of benzene rings is 1. The maximum absolute atomic E-state index is 11.6. The second-order valence-corrected chi connectivity index (χ2v) is 5.27. The highest BCUT2D eigenvalue weighted by Crippen LogP contribution is 2.64. The first kappa shape index (κ1) is 9.40. The predicted octanol–water partition coefficient (Wildman–Crippen LogP) is 2.87. The van der Waals surface area contributed by atoms with Gasteiger partial charge in [0.2, 0.25) is 0 Å². The van der Waals surface area contributed by atoms with Gasteiger partial charge in [0.05, 0.1) is 12.0 Å². The molecule has 0 N–H and O–H groups in total. The molecule has 1 aliphatic carbocycles. The Bertz CT molecular complexity index is 412. The Kier molecular flexibility index (Phi) is 1.93. The zero-order chi connectivity index (χ0) is 10.5. The predicted molar refractivity (Wildman–Crippen MR) is 59.5 cm³/mol. The van der Waals surface area contributed by atoms with E-state index in [1.807, 2.05) is 12.1 Å². The fourth-order valence-electron chi connectivity index (χ4n) is 2.51. The van der Waals surface area contributed by atoms with Crippen molar-refractivity contribution in [3.8, 4) is 0 Å². The molecule has 2 atom stereocenters. The van der Waals surface area contributed by atoms with Crippen LogP contribution in [0.4, 0.5) is 0 Å². The third kappa shape index (κ3) is 1.33. The number of hydrogen-bond acceptors (Lipinski definition) is 2. The average molecular weight is 267 g/mol. The molecule has 1 aromatic rings. The molecule has 2 aliphatic rings. The second-order valence-electron chi connectivity index (χ2n) is 4.35. The van der Waals surface area contributed by atoms with Gasteiger partial charge in [0, 0.05) is 10.4 Å². The topological polar surface area (TPSA) is 26.3 Å². The van der Waals surface area contributed by atoms with Gasteiger partial charge >= 0.3 is 5.97 Å². The Hall–Kier alpha value is -0.830. The lowest BCUT2D eigenvalue weighted by Crippen LogP contribution is -2.10. The molecule has 1 aromatic carbocycles. The Morgan fingerprint density at radius 2 is 2.07 bits per heavy atom. The molecule has 0 bridgehead atoms. The van der Waals surface area contributed by atoms with Gasteiger partial charge in [0.15, 0.2) is 0 Å². The van der Waals surface area contributed by atoms with Crippen LogP contribution in [0.25, 0.3) is 0 Å². The van der Waals surface area contributed by atoms with Crippen molar-refractivity contribution in [2.45, 2.75) is 18.8 Å². The fourth-order valence-corrected chi connectivity index (χ4v) is 2.78. The van der Waals surface area contributed by atoms with Gasteiger partial charge in [-0.2, -0.15) is 0 Å².